The molecule has 0 spiro atoms. The fourth-order valence-electron chi connectivity index (χ4n) is 2.43. The Kier molecular flexibility index (Phi) is 4.73. The molecule has 0 fully saturated rings. The van der Waals surface area contributed by atoms with Crippen molar-refractivity contribution in [3.8, 4) is 0 Å². The molecule has 0 aromatic heterocycles. The van der Waals surface area contributed by atoms with E-state index in [-0.39, 0.29) is 17.0 Å². The molecule has 0 saturated heterocycles. The van der Waals surface area contributed by atoms with E-state index in [1.165, 1.54) is 24.3 Å². The van der Waals surface area contributed by atoms with Crippen molar-refractivity contribution in [2.24, 2.45) is 0 Å². The Morgan fingerprint density at radius 1 is 1.12 bits per heavy atom. The van der Waals surface area contributed by atoms with Gasteiger partial charge in [-0.05, 0) is 29.8 Å². The lowest BCUT2D eigenvalue weighted by Crippen LogP contribution is -2.40. The van der Waals surface area contributed by atoms with Crippen LogP contribution in [0.5, 0.6) is 0 Å². The van der Waals surface area contributed by atoms with Gasteiger partial charge >= 0.3 is 0 Å². The fraction of sp³-hybridized carbons (Fsp3) is 0.125. The van der Waals surface area contributed by atoms with Gasteiger partial charge in [-0.1, -0.05) is 41.4 Å². The highest BCUT2D eigenvalue weighted by Crippen LogP contribution is 2.29. The van der Waals surface area contributed by atoms with E-state index in [9.17, 15) is 18.0 Å². The molecule has 1 heterocycles. The maximum atomic E-state index is 12.4. The molecule has 2 aromatic carbocycles. The van der Waals surface area contributed by atoms with Gasteiger partial charge in [0.2, 0.25) is 5.91 Å². The number of nitrogens with zero attached hydrogens (tertiary/aromatic N) is 1. The molecule has 2 aromatic rings. The summed E-state index contributed by atoms with van der Waals surface area (Å²) in [6.07, 6.45) is 0. The highest BCUT2D eigenvalue weighted by molar-refractivity contribution is 7.90. The number of hydrogen-bond donors (Lipinski definition) is 1. The Morgan fingerprint density at radius 3 is 2.52 bits per heavy atom. The van der Waals surface area contributed by atoms with Gasteiger partial charge in [0.1, 0.15) is 11.4 Å². The third kappa shape index (κ3) is 3.35. The molecule has 0 saturated carbocycles. The van der Waals surface area contributed by atoms with Crippen LogP contribution in [0.15, 0.2) is 47.4 Å². The van der Waals surface area contributed by atoms with Crippen molar-refractivity contribution >= 4 is 45.0 Å². The van der Waals surface area contributed by atoms with Gasteiger partial charge in [-0.3, -0.25) is 9.59 Å². The van der Waals surface area contributed by atoms with Crippen molar-refractivity contribution < 1.29 is 18.0 Å². The van der Waals surface area contributed by atoms with E-state index in [0.29, 0.717) is 19.9 Å². The van der Waals surface area contributed by atoms with Crippen LogP contribution in [0, 0.1) is 0 Å². The molecular weight excluding hydrogens is 387 g/mol. The average molecular weight is 399 g/mol. The van der Waals surface area contributed by atoms with E-state index in [2.05, 4.69) is 5.32 Å². The van der Waals surface area contributed by atoms with E-state index >= 15 is 0 Å². The minimum atomic E-state index is -4.01. The minimum absolute atomic E-state index is 0.0658. The van der Waals surface area contributed by atoms with Crippen LogP contribution >= 0.6 is 23.2 Å². The summed E-state index contributed by atoms with van der Waals surface area (Å²) in [4.78, 5) is 24.3. The molecule has 1 N–H and O–H groups in total. The number of rotatable bonds is 4. The highest BCUT2D eigenvalue weighted by atomic mass is 35.5. The molecule has 0 aliphatic carbocycles. The molecular formula is C16H12Cl2N2O4S. The van der Waals surface area contributed by atoms with E-state index in [1.54, 1.807) is 18.2 Å². The quantitative estimate of drug-likeness (QED) is 0.856. The van der Waals surface area contributed by atoms with Crippen molar-refractivity contribution in [1.29, 1.82) is 0 Å². The van der Waals surface area contributed by atoms with Crippen LogP contribution in [0.2, 0.25) is 10.0 Å². The second-order valence-corrected chi connectivity index (χ2v) is 8.00. The van der Waals surface area contributed by atoms with Crippen LogP contribution in [-0.4, -0.2) is 31.1 Å². The van der Waals surface area contributed by atoms with Gasteiger partial charge in [0, 0.05) is 16.6 Å². The summed E-state index contributed by atoms with van der Waals surface area (Å²) < 4.78 is 25.3. The third-order valence-corrected chi connectivity index (χ3v) is 6.06. The van der Waals surface area contributed by atoms with Crippen molar-refractivity contribution in [2.75, 3.05) is 6.54 Å². The number of benzene rings is 2. The maximum absolute atomic E-state index is 12.4. The summed E-state index contributed by atoms with van der Waals surface area (Å²) in [5.41, 5.74) is 0.689. The molecule has 0 atom stereocenters. The predicted octanol–water partition coefficient (Wildman–Crippen LogP) is 2.45. The third-order valence-electron chi connectivity index (χ3n) is 3.69. The van der Waals surface area contributed by atoms with Crippen LogP contribution in [0.3, 0.4) is 0 Å². The van der Waals surface area contributed by atoms with Gasteiger partial charge in [0.05, 0.1) is 5.56 Å². The smallest absolute Gasteiger partial charge is 0.269 e. The Morgan fingerprint density at radius 2 is 1.84 bits per heavy atom. The van der Waals surface area contributed by atoms with E-state index in [4.69, 9.17) is 23.2 Å². The molecule has 1 aliphatic heterocycles. The Bertz CT molecular complexity index is 976. The van der Waals surface area contributed by atoms with Crippen molar-refractivity contribution in [1.82, 2.24) is 9.62 Å². The van der Waals surface area contributed by atoms with Crippen LogP contribution < -0.4 is 5.32 Å². The zero-order chi connectivity index (χ0) is 18.2. The first-order chi connectivity index (χ1) is 11.8. The normalized spacial score (nSPS) is 15.1. The molecule has 1 aliphatic rings. The first-order valence-corrected chi connectivity index (χ1v) is 9.37. The van der Waals surface area contributed by atoms with E-state index in [0.717, 1.165) is 0 Å². The summed E-state index contributed by atoms with van der Waals surface area (Å²) >= 11 is 11.8. The molecule has 9 heteroatoms. The monoisotopic (exact) mass is 398 g/mol. The zero-order valence-electron chi connectivity index (χ0n) is 12.7. The predicted molar refractivity (Wildman–Crippen MR) is 93.0 cm³/mol. The second-order valence-electron chi connectivity index (χ2n) is 5.33. The zero-order valence-corrected chi connectivity index (χ0v) is 15.0. The Labute approximate surface area is 154 Å². The van der Waals surface area contributed by atoms with Crippen molar-refractivity contribution in [3.63, 3.8) is 0 Å². The summed E-state index contributed by atoms with van der Waals surface area (Å²) in [7, 11) is -4.01. The fourth-order valence-corrected chi connectivity index (χ4v) is 4.43. The number of amides is 2. The van der Waals surface area contributed by atoms with Gasteiger partial charge in [0.25, 0.3) is 15.9 Å². The van der Waals surface area contributed by atoms with Crippen LogP contribution in [0.1, 0.15) is 15.9 Å². The minimum Gasteiger partial charge on any atom is -0.350 e. The lowest BCUT2D eigenvalue weighted by atomic mass is 10.2. The molecule has 6 nitrogen and oxygen atoms in total. The van der Waals surface area contributed by atoms with Crippen LogP contribution in [-0.2, 0) is 21.4 Å². The number of fused-ring (bicyclic) bond motifs is 1. The van der Waals surface area contributed by atoms with E-state index in [1.807, 2.05) is 0 Å². The largest absolute Gasteiger partial charge is 0.350 e. The van der Waals surface area contributed by atoms with Gasteiger partial charge in [-0.15, -0.1) is 0 Å². The summed E-state index contributed by atoms with van der Waals surface area (Å²) in [6.45, 7) is -0.509. The first kappa shape index (κ1) is 17.7. The molecule has 0 radical (unpaired) electrons. The van der Waals surface area contributed by atoms with Gasteiger partial charge in [-0.25, -0.2) is 12.7 Å². The van der Waals surface area contributed by atoms with Crippen molar-refractivity contribution in [3.05, 3.63) is 63.6 Å². The van der Waals surface area contributed by atoms with Crippen LogP contribution in [0.25, 0.3) is 0 Å². The van der Waals surface area contributed by atoms with Gasteiger partial charge < -0.3 is 5.32 Å². The maximum Gasteiger partial charge on any atom is 0.269 e. The lowest BCUT2D eigenvalue weighted by molar-refractivity contribution is -0.121. The van der Waals surface area contributed by atoms with Gasteiger partial charge in [0.15, 0.2) is 0 Å². The average Bonchev–Trinajstić information content (AvgIpc) is 2.75. The first-order valence-electron chi connectivity index (χ1n) is 7.17. The number of carbonyl (C=O) groups excluding carboxylic acids is 2. The molecule has 25 heavy (non-hydrogen) atoms. The summed E-state index contributed by atoms with van der Waals surface area (Å²) in [5.74, 6) is -1.33. The van der Waals surface area contributed by atoms with Gasteiger partial charge in [-0.2, -0.15) is 0 Å². The number of halogens is 2. The van der Waals surface area contributed by atoms with Crippen molar-refractivity contribution in [2.45, 2.75) is 11.4 Å². The molecule has 2 amide bonds. The highest BCUT2D eigenvalue weighted by Gasteiger charge is 2.41. The van der Waals surface area contributed by atoms with E-state index < -0.39 is 28.4 Å². The number of hydrogen-bond acceptors (Lipinski definition) is 4. The molecule has 0 unspecified atom stereocenters. The molecule has 3 rings (SSSR count). The number of nitrogens with one attached hydrogen (secondary N) is 1. The second kappa shape index (κ2) is 6.67. The lowest BCUT2D eigenvalue weighted by Gasteiger charge is -2.15. The summed E-state index contributed by atoms with van der Waals surface area (Å²) in [6, 6.07) is 10.7. The Balaban J connectivity index is 1.71. The number of sulfonamides is 1. The standard InChI is InChI=1S/C16H12Cl2N2O4S/c17-11-6-5-10(13(18)7-11)8-19-15(21)9-20-16(22)12-3-1-2-4-14(12)25(20,23)24/h1-7H,8-9H2,(H,19,21). The number of carbonyl (C=O) groups is 2. The Hall–Kier alpha value is -2.09. The SMILES string of the molecule is O=C(CN1C(=O)c2ccccc2S1(=O)=O)NCc1ccc(Cl)cc1Cl. The molecule has 0 bridgehead atoms. The topological polar surface area (TPSA) is 83.6 Å². The van der Waals surface area contributed by atoms with Crippen LogP contribution in [0.4, 0.5) is 0 Å². The summed E-state index contributed by atoms with van der Waals surface area (Å²) in [5, 5.41) is 3.39. The molecule has 130 valence electrons.